The van der Waals surface area contributed by atoms with Crippen molar-refractivity contribution in [3.8, 4) is 11.5 Å². The van der Waals surface area contributed by atoms with Gasteiger partial charge >= 0.3 is 5.97 Å². The summed E-state index contributed by atoms with van der Waals surface area (Å²) >= 11 is 0. The normalized spacial score (nSPS) is 14.6. The van der Waals surface area contributed by atoms with Gasteiger partial charge < -0.3 is 14.2 Å². The summed E-state index contributed by atoms with van der Waals surface area (Å²) in [6.45, 7) is 6.85. The van der Waals surface area contributed by atoms with Gasteiger partial charge in [-0.15, -0.1) is 0 Å². The van der Waals surface area contributed by atoms with Crippen molar-refractivity contribution < 1.29 is 28.2 Å². The van der Waals surface area contributed by atoms with Crippen LogP contribution in [0.15, 0.2) is 42.2 Å². The minimum Gasteiger partial charge on any atom is -0.482 e. The van der Waals surface area contributed by atoms with E-state index in [1.165, 1.54) is 12.1 Å². The van der Waals surface area contributed by atoms with Gasteiger partial charge in [-0.2, -0.15) is 0 Å². The largest absolute Gasteiger partial charge is 0.482 e. The molecule has 0 saturated carbocycles. The first-order valence-electron chi connectivity index (χ1n) is 8.81. The van der Waals surface area contributed by atoms with E-state index in [0.29, 0.717) is 28.2 Å². The van der Waals surface area contributed by atoms with Crippen molar-refractivity contribution >= 4 is 17.8 Å². The molecule has 0 unspecified atom stereocenters. The van der Waals surface area contributed by atoms with Gasteiger partial charge in [0.15, 0.2) is 12.4 Å². The van der Waals surface area contributed by atoms with Crippen molar-refractivity contribution in [2.45, 2.75) is 33.3 Å². The summed E-state index contributed by atoms with van der Waals surface area (Å²) in [6, 6.07) is 8.98. The summed E-state index contributed by atoms with van der Waals surface area (Å²) in [5, 5.41) is 0. The van der Waals surface area contributed by atoms with Crippen LogP contribution in [0.4, 0.5) is 4.39 Å². The number of rotatable bonds is 4. The lowest BCUT2D eigenvalue weighted by molar-refractivity contribution is -0.157. The first-order valence-corrected chi connectivity index (χ1v) is 8.81. The number of fused-ring (bicyclic) bond motifs is 1. The second-order valence-corrected chi connectivity index (χ2v) is 7.48. The smallest absolute Gasteiger partial charge is 0.344 e. The molecule has 0 saturated heterocycles. The molecular weight excluding hydrogens is 363 g/mol. The third-order valence-electron chi connectivity index (χ3n) is 3.89. The van der Waals surface area contributed by atoms with Gasteiger partial charge in [-0.05, 0) is 63.1 Å². The average molecular weight is 384 g/mol. The van der Waals surface area contributed by atoms with E-state index >= 15 is 0 Å². The molecule has 0 atom stereocenters. The zero-order valence-corrected chi connectivity index (χ0v) is 16.2. The quantitative estimate of drug-likeness (QED) is 0.575. The average Bonchev–Trinajstić information content (AvgIpc) is 2.90. The second-order valence-electron chi connectivity index (χ2n) is 7.48. The highest BCUT2D eigenvalue weighted by Gasteiger charge is 2.30. The number of carbonyl (C=O) groups excluding carboxylic acids is 2. The minimum absolute atomic E-state index is 0.147. The molecule has 2 aromatic rings. The molecule has 0 bridgehead atoms. The molecule has 0 radical (unpaired) electrons. The predicted molar refractivity (Wildman–Crippen MR) is 102 cm³/mol. The molecule has 3 rings (SSSR count). The first kappa shape index (κ1) is 19.6. The van der Waals surface area contributed by atoms with Crippen molar-refractivity contribution in [2.24, 2.45) is 0 Å². The molecule has 0 aliphatic carbocycles. The van der Waals surface area contributed by atoms with E-state index in [-0.39, 0.29) is 24.0 Å². The Morgan fingerprint density at radius 3 is 2.50 bits per heavy atom. The van der Waals surface area contributed by atoms with Gasteiger partial charge in [0.1, 0.15) is 22.9 Å². The monoisotopic (exact) mass is 384 g/mol. The minimum atomic E-state index is -0.593. The molecule has 0 amide bonds. The number of ether oxygens (including phenoxy) is 3. The van der Waals surface area contributed by atoms with E-state index in [4.69, 9.17) is 14.2 Å². The van der Waals surface area contributed by atoms with Crippen LogP contribution in [0.5, 0.6) is 11.5 Å². The lowest BCUT2D eigenvalue weighted by Crippen LogP contribution is -2.27. The third kappa shape index (κ3) is 4.57. The van der Waals surface area contributed by atoms with Crippen LogP contribution in [-0.2, 0) is 9.53 Å². The Morgan fingerprint density at radius 1 is 1.18 bits per heavy atom. The standard InChI is InChI=1S/C22H21FO5/c1-13-9-16(26-12-19(24)28-22(2,3)4)11-17-20(13)21(25)18(27-17)10-14-5-7-15(23)8-6-14/h5-11H,12H2,1-4H3/b18-10-. The van der Waals surface area contributed by atoms with Gasteiger partial charge in [0.2, 0.25) is 5.78 Å². The van der Waals surface area contributed by atoms with Crippen LogP contribution in [0, 0.1) is 12.7 Å². The van der Waals surface area contributed by atoms with E-state index in [9.17, 15) is 14.0 Å². The predicted octanol–water partition coefficient (Wildman–Crippen LogP) is 4.47. The molecule has 5 nitrogen and oxygen atoms in total. The van der Waals surface area contributed by atoms with E-state index in [1.807, 2.05) is 0 Å². The first-order chi connectivity index (χ1) is 13.1. The number of halogens is 1. The van der Waals surface area contributed by atoms with E-state index in [1.54, 1.807) is 58.0 Å². The van der Waals surface area contributed by atoms with Gasteiger partial charge in [0.25, 0.3) is 0 Å². The maximum absolute atomic E-state index is 13.0. The van der Waals surface area contributed by atoms with Crippen molar-refractivity contribution in [3.05, 3.63) is 64.7 Å². The Bertz CT molecular complexity index is 952. The number of hydrogen-bond donors (Lipinski definition) is 0. The van der Waals surface area contributed by atoms with Gasteiger partial charge in [-0.3, -0.25) is 4.79 Å². The number of Topliss-reactive ketones (excluding diaryl/α,β-unsaturated/α-hetero) is 1. The summed E-state index contributed by atoms with van der Waals surface area (Å²) in [4.78, 5) is 24.5. The molecule has 1 aliphatic heterocycles. The van der Waals surface area contributed by atoms with Crippen molar-refractivity contribution in [1.29, 1.82) is 0 Å². The van der Waals surface area contributed by atoms with Crippen molar-refractivity contribution in [3.63, 3.8) is 0 Å². The highest BCUT2D eigenvalue weighted by molar-refractivity contribution is 6.15. The van der Waals surface area contributed by atoms with E-state index < -0.39 is 11.6 Å². The molecule has 1 aliphatic rings. The molecule has 28 heavy (non-hydrogen) atoms. The van der Waals surface area contributed by atoms with Gasteiger partial charge in [-0.25, -0.2) is 9.18 Å². The molecule has 0 aromatic heterocycles. The molecule has 1 heterocycles. The molecule has 2 aromatic carbocycles. The molecule has 146 valence electrons. The highest BCUT2D eigenvalue weighted by atomic mass is 19.1. The van der Waals surface area contributed by atoms with Gasteiger partial charge in [-0.1, -0.05) is 12.1 Å². The number of ketones is 1. The van der Waals surface area contributed by atoms with Crippen LogP contribution in [0.25, 0.3) is 6.08 Å². The highest BCUT2D eigenvalue weighted by Crippen LogP contribution is 2.37. The van der Waals surface area contributed by atoms with Crippen LogP contribution < -0.4 is 9.47 Å². The number of allylic oxidation sites excluding steroid dienone is 1. The van der Waals surface area contributed by atoms with Crippen LogP contribution in [0.2, 0.25) is 0 Å². The molecule has 0 fully saturated rings. The Kier molecular flexibility index (Phi) is 5.23. The molecule has 0 spiro atoms. The SMILES string of the molecule is Cc1cc(OCC(=O)OC(C)(C)C)cc2c1C(=O)/C(=C/c1ccc(F)cc1)O2. The maximum Gasteiger partial charge on any atom is 0.344 e. The molecule has 0 N–H and O–H groups in total. The Morgan fingerprint density at radius 2 is 1.86 bits per heavy atom. The Labute approximate surface area is 162 Å². The van der Waals surface area contributed by atoms with Crippen LogP contribution in [0.3, 0.4) is 0 Å². The zero-order valence-electron chi connectivity index (χ0n) is 16.2. The summed E-state index contributed by atoms with van der Waals surface area (Å²) in [5.74, 6) is -0.189. The number of benzene rings is 2. The molecule has 6 heteroatoms. The summed E-state index contributed by atoms with van der Waals surface area (Å²) in [7, 11) is 0. The third-order valence-corrected chi connectivity index (χ3v) is 3.89. The molecular formula is C22H21FO5. The number of hydrogen-bond acceptors (Lipinski definition) is 5. The van der Waals surface area contributed by atoms with Gasteiger partial charge in [0.05, 0.1) is 5.56 Å². The Balaban J connectivity index is 1.77. The summed E-state index contributed by atoms with van der Waals surface area (Å²) in [5.41, 5.74) is 1.17. The number of carbonyl (C=O) groups is 2. The lowest BCUT2D eigenvalue weighted by atomic mass is 10.0. The lowest BCUT2D eigenvalue weighted by Gasteiger charge is -2.19. The fraction of sp³-hybridized carbons (Fsp3) is 0.273. The number of aryl methyl sites for hydroxylation is 1. The number of esters is 1. The topological polar surface area (TPSA) is 61.8 Å². The Hall–Kier alpha value is -3.15. The summed E-state index contributed by atoms with van der Waals surface area (Å²) in [6.07, 6.45) is 1.56. The van der Waals surface area contributed by atoms with Gasteiger partial charge in [0, 0.05) is 6.07 Å². The van der Waals surface area contributed by atoms with E-state index in [2.05, 4.69) is 0 Å². The van der Waals surface area contributed by atoms with Crippen LogP contribution in [-0.4, -0.2) is 24.0 Å². The van der Waals surface area contributed by atoms with Crippen LogP contribution >= 0.6 is 0 Å². The fourth-order valence-electron chi connectivity index (χ4n) is 2.78. The van der Waals surface area contributed by atoms with E-state index in [0.717, 1.165) is 0 Å². The summed E-state index contributed by atoms with van der Waals surface area (Å²) < 4.78 is 29.4. The zero-order chi connectivity index (χ0) is 20.5. The fourth-order valence-corrected chi connectivity index (χ4v) is 2.78. The maximum atomic E-state index is 13.0. The van der Waals surface area contributed by atoms with Crippen molar-refractivity contribution in [2.75, 3.05) is 6.61 Å². The van der Waals surface area contributed by atoms with Crippen molar-refractivity contribution in [1.82, 2.24) is 0 Å². The second kappa shape index (κ2) is 7.46. The van der Waals surface area contributed by atoms with Crippen LogP contribution in [0.1, 0.15) is 42.3 Å².